The zero-order valence-electron chi connectivity index (χ0n) is 21.7. The van der Waals surface area contributed by atoms with E-state index >= 15 is 0 Å². The third-order valence-corrected chi connectivity index (χ3v) is 9.88. The maximum absolute atomic E-state index is 13.3. The number of hydrogen-bond donors (Lipinski definition) is 2. The van der Waals surface area contributed by atoms with Crippen LogP contribution in [0.1, 0.15) is 54.4 Å². The fourth-order valence-electron chi connectivity index (χ4n) is 5.69. The Bertz CT molecular complexity index is 1430. The minimum absolute atomic E-state index is 0.0465. The smallest absolute Gasteiger partial charge is 0.251 e. The van der Waals surface area contributed by atoms with E-state index in [1.165, 1.54) is 4.31 Å². The molecule has 2 aliphatic rings. The number of benzene rings is 3. The van der Waals surface area contributed by atoms with Crippen molar-refractivity contribution in [1.29, 1.82) is 0 Å². The highest BCUT2D eigenvalue weighted by Crippen LogP contribution is 2.27. The molecule has 2 amide bonds. The van der Waals surface area contributed by atoms with Gasteiger partial charge in [-0.15, -0.1) is 0 Å². The Morgan fingerprint density at radius 3 is 2.13 bits per heavy atom. The second-order valence-corrected chi connectivity index (χ2v) is 12.4. The van der Waals surface area contributed by atoms with Crippen molar-refractivity contribution in [3.8, 4) is 0 Å². The van der Waals surface area contributed by atoms with E-state index in [9.17, 15) is 18.0 Å². The number of sulfonamides is 1. The number of rotatable bonds is 6. The van der Waals surface area contributed by atoms with E-state index in [2.05, 4.69) is 10.6 Å². The molecule has 0 unspecified atom stereocenters. The molecule has 2 atom stereocenters. The monoisotopic (exact) mass is 533 g/mol. The lowest BCUT2D eigenvalue weighted by Crippen LogP contribution is -2.55. The Morgan fingerprint density at radius 1 is 0.789 bits per heavy atom. The summed E-state index contributed by atoms with van der Waals surface area (Å²) >= 11 is 0. The third kappa shape index (κ3) is 5.61. The molecule has 1 heterocycles. The third-order valence-electron chi connectivity index (χ3n) is 7.98. The summed E-state index contributed by atoms with van der Waals surface area (Å²) in [5, 5.41) is 8.23. The number of amides is 2. The number of nitrogens with one attached hydrogen (secondary N) is 2. The predicted octanol–water partition coefficient (Wildman–Crippen LogP) is 4.41. The molecule has 3 aromatic carbocycles. The first kappa shape index (κ1) is 26.4. The maximum Gasteiger partial charge on any atom is 0.251 e. The van der Waals surface area contributed by atoms with Gasteiger partial charge in [0.05, 0.1) is 4.90 Å². The standard InChI is InChI=1S/C30H35N3O4S/c1-21-8-2-5-11-26(21)30(35)32-28-13-7-6-12-27(28)31-29(34)23-16-18-33(19-17-23)38(36,37)25-15-14-22-9-3-4-10-24(22)20-25/h2-5,8-11,14-15,20,23,27-28H,6-7,12-13,16-19H2,1H3,(H,31,34)(H,32,35)/t27-,28-/m1/s1. The molecule has 200 valence electrons. The van der Waals surface area contributed by atoms with Crippen molar-refractivity contribution < 1.29 is 18.0 Å². The summed E-state index contributed by atoms with van der Waals surface area (Å²) < 4.78 is 28.1. The summed E-state index contributed by atoms with van der Waals surface area (Å²) in [5.74, 6) is -0.399. The lowest BCUT2D eigenvalue weighted by Gasteiger charge is -2.35. The highest BCUT2D eigenvalue weighted by atomic mass is 32.2. The molecule has 7 nitrogen and oxygen atoms in total. The van der Waals surface area contributed by atoms with Crippen LogP contribution in [0.4, 0.5) is 0 Å². The predicted molar refractivity (Wildman–Crippen MR) is 148 cm³/mol. The van der Waals surface area contributed by atoms with E-state index in [4.69, 9.17) is 0 Å². The lowest BCUT2D eigenvalue weighted by atomic mass is 9.88. The number of piperidine rings is 1. The molecule has 3 aromatic rings. The van der Waals surface area contributed by atoms with Crippen molar-refractivity contribution in [3.05, 3.63) is 77.9 Å². The minimum atomic E-state index is -3.63. The van der Waals surface area contributed by atoms with Crippen LogP contribution in [-0.4, -0.2) is 49.7 Å². The first-order chi connectivity index (χ1) is 18.3. The number of carbonyl (C=O) groups excluding carboxylic acids is 2. The van der Waals surface area contributed by atoms with E-state index in [0.717, 1.165) is 42.0 Å². The van der Waals surface area contributed by atoms with E-state index in [1.54, 1.807) is 12.1 Å². The first-order valence-electron chi connectivity index (χ1n) is 13.5. The zero-order valence-corrected chi connectivity index (χ0v) is 22.5. The molecule has 2 fully saturated rings. The van der Waals surface area contributed by atoms with Gasteiger partial charge in [0.2, 0.25) is 15.9 Å². The average Bonchev–Trinajstić information content (AvgIpc) is 2.94. The summed E-state index contributed by atoms with van der Waals surface area (Å²) in [7, 11) is -3.63. The second kappa shape index (κ2) is 11.3. The van der Waals surface area contributed by atoms with Crippen molar-refractivity contribution in [2.75, 3.05) is 13.1 Å². The molecule has 1 aliphatic heterocycles. The normalized spacial score (nSPS) is 21.2. The molecule has 5 rings (SSSR count). The highest BCUT2D eigenvalue weighted by molar-refractivity contribution is 7.89. The Morgan fingerprint density at radius 2 is 1.42 bits per heavy atom. The molecule has 1 saturated heterocycles. The molecule has 0 aromatic heterocycles. The van der Waals surface area contributed by atoms with Crippen molar-refractivity contribution in [2.45, 2.75) is 62.4 Å². The summed E-state index contributed by atoms with van der Waals surface area (Å²) in [5.41, 5.74) is 1.58. The van der Waals surface area contributed by atoms with Gasteiger partial charge in [0.25, 0.3) is 5.91 Å². The first-order valence-corrected chi connectivity index (χ1v) is 14.9. The molecule has 2 N–H and O–H groups in total. The molecule has 1 aliphatic carbocycles. The van der Waals surface area contributed by atoms with Gasteiger partial charge in [-0.25, -0.2) is 8.42 Å². The van der Waals surface area contributed by atoms with E-state index in [-0.39, 0.29) is 34.7 Å². The molecule has 1 saturated carbocycles. The number of nitrogens with zero attached hydrogens (tertiary/aromatic N) is 1. The fourth-order valence-corrected chi connectivity index (χ4v) is 7.19. The lowest BCUT2D eigenvalue weighted by molar-refractivity contribution is -0.127. The van der Waals surface area contributed by atoms with Crippen LogP contribution in [0.2, 0.25) is 0 Å². The highest BCUT2D eigenvalue weighted by Gasteiger charge is 2.35. The molecule has 8 heteroatoms. The molecule has 0 radical (unpaired) electrons. The average molecular weight is 534 g/mol. The van der Waals surface area contributed by atoms with E-state index < -0.39 is 10.0 Å². The quantitative estimate of drug-likeness (QED) is 0.491. The van der Waals surface area contributed by atoms with Crippen LogP contribution in [0, 0.1) is 12.8 Å². The van der Waals surface area contributed by atoms with Gasteiger partial charge in [-0.3, -0.25) is 9.59 Å². The largest absolute Gasteiger partial charge is 0.351 e. The maximum atomic E-state index is 13.3. The van der Waals surface area contributed by atoms with Crippen molar-refractivity contribution in [2.24, 2.45) is 5.92 Å². The van der Waals surface area contributed by atoms with Gasteiger partial charge in [0.15, 0.2) is 0 Å². The van der Waals surface area contributed by atoms with Crippen LogP contribution in [0.3, 0.4) is 0 Å². The number of carbonyl (C=O) groups is 2. The summed E-state index contributed by atoms with van der Waals surface area (Å²) in [6.45, 7) is 2.54. The van der Waals surface area contributed by atoms with Gasteiger partial charge >= 0.3 is 0 Å². The fraction of sp³-hybridized carbons (Fsp3) is 0.400. The van der Waals surface area contributed by atoms with Crippen LogP contribution in [0.5, 0.6) is 0 Å². The second-order valence-electron chi connectivity index (χ2n) is 10.5. The van der Waals surface area contributed by atoms with Gasteiger partial charge in [-0.1, -0.05) is 61.4 Å². The van der Waals surface area contributed by atoms with Crippen LogP contribution < -0.4 is 10.6 Å². The molecular weight excluding hydrogens is 498 g/mol. The van der Waals surface area contributed by atoms with Gasteiger partial charge in [0, 0.05) is 36.7 Å². The summed E-state index contributed by atoms with van der Waals surface area (Å²) in [6.07, 6.45) is 4.61. The Hall–Kier alpha value is -3.23. The topological polar surface area (TPSA) is 95.6 Å². The molecule has 38 heavy (non-hydrogen) atoms. The van der Waals surface area contributed by atoms with Gasteiger partial charge in [0.1, 0.15) is 0 Å². The molecular formula is C30H35N3O4S. The van der Waals surface area contributed by atoms with Gasteiger partial charge in [-0.2, -0.15) is 4.31 Å². The van der Waals surface area contributed by atoms with Crippen molar-refractivity contribution >= 4 is 32.6 Å². The van der Waals surface area contributed by atoms with E-state index in [1.807, 2.05) is 61.5 Å². The van der Waals surface area contributed by atoms with Crippen LogP contribution >= 0.6 is 0 Å². The molecule has 0 spiro atoms. The SMILES string of the molecule is Cc1ccccc1C(=O)N[C@@H]1CCCC[C@H]1NC(=O)C1CCN(S(=O)(=O)c2ccc3ccccc3c2)CC1. The van der Waals surface area contributed by atoms with Crippen molar-refractivity contribution in [1.82, 2.24) is 14.9 Å². The Kier molecular flexibility index (Phi) is 7.81. The zero-order chi connectivity index (χ0) is 26.7. The van der Waals surface area contributed by atoms with Crippen LogP contribution in [0.15, 0.2) is 71.6 Å². The summed E-state index contributed by atoms with van der Waals surface area (Å²) in [6, 6.07) is 20.2. The Balaban J connectivity index is 1.19. The molecule has 0 bridgehead atoms. The number of fused-ring (bicyclic) bond motifs is 1. The Labute approximate surface area is 224 Å². The number of hydrogen-bond acceptors (Lipinski definition) is 4. The van der Waals surface area contributed by atoms with Gasteiger partial charge in [-0.05, 0) is 67.1 Å². The number of aryl methyl sites for hydroxylation is 1. The van der Waals surface area contributed by atoms with Crippen LogP contribution in [-0.2, 0) is 14.8 Å². The van der Waals surface area contributed by atoms with E-state index in [0.29, 0.717) is 31.5 Å². The van der Waals surface area contributed by atoms with Crippen LogP contribution in [0.25, 0.3) is 10.8 Å². The van der Waals surface area contributed by atoms with Gasteiger partial charge < -0.3 is 10.6 Å². The minimum Gasteiger partial charge on any atom is -0.351 e. The van der Waals surface area contributed by atoms with Crippen molar-refractivity contribution in [3.63, 3.8) is 0 Å². The summed E-state index contributed by atoms with van der Waals surface area (Å²) in [4.78, 5) is 26.4.